The Balaban J connectivity index is 1.56. The van der Waals surface area contributed by atoms with E-state index in [2.05, 4.69) is 15.5 Å². The Morgan fingerprint density at radius 2 is 1.89 bits per heavy atom. The first-order valence-electron chi connectivity index (χ1n) is 8.53. The first-order valence-corrected chi connectivity index (χ1v) is 10.4. The number of fused-ring (bicyclic) bond motifs is 2. The van der Waals surface area contributed by atoms with Crippen molar-refractivity contribution in [3.8, 4) is 0 Å². The van der Waals surface area contributed by atoms with Crippen molar-refractivity contribution in [1.29, 1.82) is 0 Å². The van der Waals surface area contributed by atoms with Gasteiger partial charge in [-0.1, -0.05) is 30.3 Å². The van der Waals surface area contributed by atoms with E-state index < -0.39 is 16.1 Å². The zero-order chi connectivity index (χ0) is 19.0. The smallest absolute Gasteiger partial charge is 0.239 e. The zero-order valence-corrected chi connectivity index (χ0v) is 15.6. The maximum Gasteiger partial charge on any atom is 0.239 e. The fraction of sp³-hybridized carbons (Fsp3) is 0.278. The molecule has 0 saturated heterocycles. The van der Waals surface area contributed by atoms with Crippen molar-refractivity contribution in [1.82, 2.24) is 24.2 Å². The minimum absolute atomic E-state index is 0.166. The third-order valence-corrected chi connectivity index (χ3v) is 5.97. The van der Waals surface area contributed by atoms with Gasteiger partial charge in [-0.25, -0.2) is 8.42 Å². The first-order chi connectivity index (χ1) is 12.9. The summed E-state index contributed by atoms with van der Waals surface area (Å²) in [5.74, 6) is 0.240. The molecule has 8 nitrogen and oxygen atoms in total. The van der Waals surface area contributed by atoms with E-state index in [-0.39, 0.29) is 19.0 Å². The summed E-state index contributed by atoms with van der Waals surface area (Å²) in [5, 5.41) is 10.9. The molecule has 3 aromatic rings. The molecular formula is C18H19N5O3S. The summed E-state index contributed by atoms with van der Waals surface area (Å²) in [6.07, 6.45) is 3.29. The fourth-order valence-electron chi connectivity index (χ4n) is 3.37. The number of rotatable bonds is 4. The minimum atomic E-state index is -3.53. The van der Waals surface area contributed by atoms with Gasteiger partial charge in [-0.15, -0.1) is 10.2 Å². The normalized spacial score (nSPS) is 17.6. The van der Waals surface area contributed by atoms with E-state index in [4.69, 9.17) is 0 Å². The summed E-state index contributed by atoms with van der Waals surface area (Å²) in [6.45, 7) is 0.362. The number of pyridine rings is 1. The molecule has 1 atom stereocenters. The maximum atomic E-state index is 12.8. The molecule has 4 rings (SSSR count). The monoisotopic (exact) mass is 385 g/mol. The fourth-order valence-corrected chi connectivity index (χ4v) is 4.37. The van der Waals surface area contributed by atoms with E-state index in [1.54, 1.807) is 4.40 Å². The number of carbonyl (C=O) groups excluding carboxylic acids is 1. The van der Waals surface area contributed by atoms with Crippen LogP contribution in [0.25, 0.3) is 5.65 Å². The highest BCUT2D eigenvalue weighted by Crippen LogP contribution is 2.25. The van der Waals surface area contributed by atoms with E-state index in [1.807, 2.05) is 48.7 Å². The van der Waals surface area contributed by atoms with Crippen LogP contribution in [0.1, 0.15) is 17.0 Å². The van der Waals surface area contributed by atoms with Gasteiger partial charge in [-0.05, 0) is 29.7 Å². The molecule has 0 fully saturated rings. The Morgan fingerprint density at radius 1 is 1.15 bits per heavy atom. The molecule has 1 amide bonds. The molecule has 2 aromatic heterocycles. The van der Waals surface area contributed by atoms with Crippen LogP contribution >= 0.6 is 0 Å². The molecule has 0 radical (unpaired) electrons. The highest BCUT2D eigenvalue weighted by molar-refractivity contribution is 7.88. The van der Waals surface area contributed by atoms with Gasteiger partial charge in [-0.3, -0.25) is 9.20 Å². The third-order valence-electron chi connectivity index (χ3n) is 4.74. The lowest BCUT2D eigenvalue weighted by molar-refractivity contribution is -0.125. The van der Waals surface area contributed by atoms with Crippen LogP contribution in [-0.4, -0.2) is 45.5 Å². The van der Waals surface area contributed by atoms with Gasteiger partial charge >= 0.3 is 0 Å². The number of hydrogen-bond donors (Lipinski definition) is 1. The van der Waals surface area contributed by atoms with Crippen LogP contribution in [0.4, 0.5) is 0 Å². The lowest BCUT2D eigenvalue weighted by Gasteiger charge is -2.34. The average molecular weight is 385 g/mol. The standard InChI is InChI=1S/C18H19N5O3S/c1-27(25,26)23-12-14-7-3-2-6-13(14)10-15(23)18(24)19-11-17-21-20-16-8-4-5-9-22(16)17/h2-9,15H,10-12H2,1H3,(H,19,24)/t15-/m0/s1. The second kappa shape index (κ2) is 6.75. The van der Waals surface area contributed by atoms with Gasteiger partial charge in [-0.2, -0.15) is 4.31 Å². The molecule has 1 aromatic carbocycles. The number of hydrogen-bond acceptors (Lipinski definition) is 5. The van der Waals surface area contributed by atoms with Crippen LogP contribution in [0.2, 0.25) is 0 Å². The van der Waals surface area contributed by atoms with Crippen LogP contribution in [0.5, 0.6) is 0 Å². The van der Waals surface area contributed by atoms with E-state index in [0.29, 0.717) is 17.9 Å². The molecule has 27 heavy (non-hydrogen) atoms. The average Bonchev–Trinajstić information content (AvgIpc) is 3.07. The van der Waals surface area contributed by atoms with Crippen molar-refractivity contribution >= 4 is 21.6 Å². The number of benzene rings is 1. The molecular weight excluding hydrogens is 366 g/mol. The SMILES string of the molecule is CS(=O)(=O)N1Cc2ccccc2C[C@H]1C(=O)NCc1nnc2ccccn12. The van der Waals surface area contributed by atoms with Crippen molar-refractivity contribution in [3.05, 3.63) is 65.6 Å². The third kappa shape index (κ3) is 3.43. The number of aromatic nitrogens is 3. The summed E-state index contributed by atoms with van der Waals surface area (Å²) < 4.78 is 27.5. The summed E-state index contributed by atoms with van der Waals surface area (Å²) in [5.41, 5.74) is 2.60. The minimum Gasteiger partial charge on any atom is -0.347 e. The van der Waals surface area contributed by atoms with Crippen molar-refractivity contribution in [2.24, 2.45) is 0 Å². The molecule has 0 unspecified atom stereocenters. The summed E-state index contributed by atoms with van der Waals surface area (Å²) in [7, 11) is -3.53. The Labute approximate surface area is 156 Å². The van der Waals surface area contributed by atoms with Gasteiger partial charge in [0.2, 0.25) is 15.9 Å². The summed E-state index contributed by atoms with van der Waals surface area (Å²) in [6, 6.07) is 12.3. The predicted octanol–water partition coefficient (Wildman–Crippen LogP) is 0.732. The summed E-state index contributed by atoms with van der Waals surface area (Å²) in [4.78, 5) is 12.8. The van der Waals surface area contributed by atoms with Crippen molar-refractivity contribution < 1.29 is 13.2 Å². The number of nitrogens with zero attached hydrogens (tertiary/aromatic N) is 4. The number of nitrogens with one attached hydrogen (secondary N) is 1. The topological polar surface area (TPSA) is 96.7 Å². The van der Waals surface area contributed by atoms with Gasteiger partial charge < -0.3 is 5.32 Å². The molecule has 0 spiro atoms. The van der Waals surface area contributed by atoms with Crippen LogP contribution in [0.3, 0.4) is 0 Å². The lowest BCUT2D eigenvalue weighted by atomic mass is 9.95. The predicted molar refractivity (Wildman–Crippen MR) is 99.2 cm³/mol. The largest absolute Gasteiger partial charge is 0.347 e. The van der Waals surface area contributed by atoms with Crippen molar-refractivity contribution in [2.75, 3.05) is 6.26 Å². The van der Waals surface area contributed by atoms with E-state index in [0.717, 1.165) is 17.4 Å². The van der Waals surface area contributed by atoms with Crippen LogP contribution in [0, 0.1) is 0 Å². The molecule has 1 aliphatic rings. The van der Waals surface area contributed by atoms with Crippen LogP contribution in [-0.2, 0) is 34.3 Å². The molecule has 0 saturated carbocycles. The second-order valence-electron chi connectivity index (χ2n) is 6.56. The highest BCUT2D eigenvalue weighted by Gasteiger charge is 2.36. The van der Waals surface area contributed by atoms with Gasteiger partial charge in [0.25, 0.3) is 0 Å². The van der Waals surface area contributed by atoms with E-state index in [1.165, 1.54) is 4.31 Å². The maximum absolute atomic E-state index is 12.8. The van der Waals surface area contributed by atoms with Crippen molar-refractivity contribution in [3.63, 3.8) is 0 Å². The molecule has 0 bridgehead atoms. The first kappa shape index (κ1) is 17.6. The molecule has 1 aliphatic heterocycles. The van der Waals surface area contributed by atoms with Gasteiger partial charge in [0.05, 0.1) is 12.8 Å². The van der Waals surface area contributed by atoms with Crippen LogP contribution < -0.4 is 5.32 Å². The molecule has 0 aliphatic carbocycles. The van der Waals surface area contributed by atoms with E-state index in [9.17, 15) is 13.2 Å². The quantitative estimate of drug-likeness (QED) is 0.714. The molecule has 9 heteroatoms. The van der Waals surface area contributed by atoms with Gasteiger partial charge in [0.15, 0.2) is 11.5 Å². The second-order valence-corrected chi connectivity index (χ2v) is 8.49. The van der Waals surface area contributed by atoms with Crippen molar-refractivity contribution in [2.45, 2.75) is 25.6 Å². The molecule has 1 N–H and O–H groups in total. The number of amides is 1. The van der Waals surface area contributed by atoms with Crippen LogP contribution in [0.15, 0.2) is 48.7 Å². The Morgan fingerprint density at radius 3 is 2.67 bits per heavy atom. The van der Waals surface area contributed by atoms with E-state index >= 15 is 0 Å². The zero-order valence-electron chi connectivity index (χ0n) is 14.7. The number of carbonyl (C=O) groups is 1. The Hall–Kier alpha value is -2.78. The van der Waals surface area contributed by atoms with Gasteiger partial charge in [0.1, 0.15) is 6.04 Å². The highest BCUT2D eigenvalue weighted by atomic mass is 32.2. The lowest BCUT2D eigenvalue weighted by Crippen LogP contribution is -2.52. The molecule has 140 valence electrons. The number of sulfonamides is 1. The molecule has 3 heterocycles. The Kier molecular flexibility index (Phi) is 4.40. The van der Waals surface area contributed by atoms with Gasteiger partial charge in [0, 0.05) is 12.7 Å². The Bertz CT molecular complexity index is 1110. The summed E-state index contributed by atoms with van der Waals surface area (Å²) >= 11 is 0.